The molecule has 0 atom stereocenters. The van der Waals surface area contributed by atoms with Gasteiger partial charge in [-0.15, -0.1) is 0 Å². The molecule has 0 saturated heterocycles. The topological polar surface area (TPSA) is 12.0 Å². The lowest BCUT2D eigenvalue weighted by Gasteiger charge is -2.17. The molecule has 0 aliphatic heterocycles. The second-order valence-corrected chi connectivity index (χ2v) is 5.94. The van der Waals surface area contributed by atoms with Crippen molar-refractivity contribution in [3.63, 3.8) is 0 Å². The lowest BCUT2D eigenvalue weighted by atomic mass is 9.89. The maximum Gasteiger partial charge on any atom is 0.0424 e. The predicted octanol–water partition coefficient (Wildman–Crippen LogP) is 6.01. The Bertz CT molecular complexity index is 1010. The van der Waals surface area contributed by atoms with E-state index < -0.39 is 0 Å². The molecule has 112 valence electrons. The van der Waals surface area contributed by atoms with E-state index in [9.17, 15) is 0 Å². The largest absolute Gasteiger partial charge is 0.388 e. The molecule has 23 heavy (non-hydrogen) atoms. The molecule has 0 bridgehead atoms. The van der Waals surface area contributed by atoms with Gasteiger partial charge in [-0.1, -0.05) is 66.7 Å². The summed E-state index contributed by atoms with van der Waals surface area (Å²) in [5.41, 5.74) is 5.09. The van der Waals surface area contributed by atoms with Gasteiger partial charge in [0.2, 0.25) is 0 Å². The maximum atomic E-state index is 3.38. The molecule has 0 unspecified atom stereocenters. The highest BCUT2D eigenvalue weighted by molar-refractivity contribution is 6.10. The van der Waals surface area contributed by atoms with Gasteiger partial charge in [0.15, 0.2) is 0 Å². The Morgan fingerprint density at radius 2 is 1.17 bits per heavy atom. The average Bonchev–Trinajstić information content (AvgIpc) is 2.61. The van der Waals surface area contributed by atoms with Gasteiger partial charge in [-0.25, -0.2) is 0 Å². The Kier molecular flexibility index (Phi) is 3.27. The number of anilines is 1. The normalized spacial score (nSPS) is 11.0. The van der Waals surface area contributed by atoms with Crippen LogP contribution in [0.4, 0.5) is 5.69 Å². The number of nitrogens with one attached hydrogen (secondary N) is 1. The van der Waals surface area contributed by atoms with Gasteiger partial charge in [0, 0.05) is 18.3 Å². The van der Waals surface area contributed by atoms with Gasteiger partial charge in [-0.05, 0) is 45.7 Å². The van der Waals surface area contributed by atoms with Gasteiger partial charge in [0.05, 0.1) is 0 Å². The molecule has 0 amide bonds. The summed E-state index contributed by atoms with van der Waals surface area (Å²) >= 11 is 0. The molecule has 0 heterocycles. The molecule has 0 aliphatic rings. The number of aryl methyl sites for hydroxylation is 1. The van der Waals surface area contributed by atoms with Crippen LogP contribution in [0.15, 0.2) is 72.8 Å². The molecule has 1 N–H and O–H groups in total. The number of benzene rings is 4. The Morgan fingerprint density at radius 1 is 0.609 bits per heavy atom. The molecule has 4 rings (SSSR count). The Balaban J connectivity index is 2.21. The van der Waals surface area contributed by atoms with Crippen LogP contribution in [-0.4, -0.2) is 7.05 Å². The lowest BCUT2D eigenvalue weighted by molar-refractivity contribution is 1.47. The standard InChI is InChI=1S/C22H19N/c1-15-11-12-16-7-3-5-9-18(16)21(15)22-19-10-6-4-8-17(19)13-14-20(22)23-2/h3-14,23H,1-2H3. The molecule has 0 radical (unpaired) electrons. The third-order valence-corrected chi connectivity index (χ3v) is 4.59. The molecule has 4 aromatic carbocycles. The van der Waals surface area contributed by atoms with Gasteiger partial charge in [-0.3, -0.25) is 0 Å². The molecule has 4 aromatic rings. The van der Waals surface area contributed by atoms with E-state index in [1.165, 1.54) is 43.9 Å². The van der Waals surface area contributed by atoms with E-state index in [0.717, 1.165) is 0 Å². The van der Waals surface area contributed by atoms with Crippen LogP contribution in [0.1, 0.15) is 5.56 Å². The monoisotopic (exact) mass is 297 g/mol. The third-order valence-electron chi connectivity index (χ3n) is 4.59. The first-order valence-corrected chi connectivity index (χ1v) is 7.98. The number of hydrogen-bond donors (Lipinski definition) is 1. The van der Waals surface area contributed by atoms with Crippen molar-refractivity contribution in [1.82, 2.24) is 0 Å². The highest BCUT2D eigenvalue weighted by Gasteiger charge is 2.14. The zero-order chi connectivity index (χ0) is 15.8. The second kappa shape index (κ2) is 5.44. The second-order valence-electron chi connectivity index (χ2n) is 5.94. The highest BCUT2D eigenvalue weighted by atomic mass is 14.8. The molecule has 0 fully saturated rings. The highest BCUT2D eigenvalue weighted by Crippen LogP contribution is 2.40. The summed E-state index contributed by atoms with van der Waals surface area (Å²) in [7, 11) is 1.99. The Hall–Kier alpha value is -2.80. The van der Waals surface area contributed by atoms with Gasteiger partial charge < -0.3 is 5.32 Å². The van der Waals surface area contributed by atoms with Crippen molar-refractivity contribution in [3.05, 3.63) is 78.4 Å². The van der Waals surface area contributed by atoms with Crippen LogP contribution >= 0.6 is 0 Å². The summed E-state index contributed by atoms with van der Waals surface area (Å²) in [6.45, 7) is 2.20. The van der Waals surface area contributed by atoms with E-state index in [2.05, 4.69) is 85.0 Å². The van der Waals surface area contributed by atoms with Gasteiger partial charge >= 0.3 is 0 Å². The maximum absolute atomic E-state index is 3.38. The van der Waals surface area contributed by atoms with Crippen LogP contribution in [0.5, 0.6) is 0 Å². The summed E-state index contributed by atoms with van der Waals surface area (Å²) in [4.78, 5) is 0. The lowest BCUT2D eigenvalue weighted by Crippen LogP contribution is -1.95. The Labute approximate surface area is 136 Å². The molecular weight excluding hydrogens is 278 g/mol. The van der Waals surface area contributed by atoms with Crippen molar-refractivity contribution in [3.8, 4) is 11.1 Å². The van der Waals surface area contributed by atoms with Crippen molar-refractivity contribution >= 4 is 27.2 Å². The van der Waals surface area contributed by atoms with Gasteiger partial charge in [0.1, 0.15) is 0 Å². The average molecular weight is 297 g/mol. The summed E-state index contributed by atoms with van der Waals surface area (Å²) in [5.74, 6) is 0. The van der Waals surface area contributed by atoms with Gasteiger partial charge in [-0.2, -0.15) is 0 Å². The SMILES string of the molecule is CNc1ccc2ccccc2c1-c1c(C)ccc2ccccc12. The fourth-order valence-electron chi connectivity index (χ4n) is 3.46. The quantitative estimate of drug-likeness (QED) is 0.477. The van der Waals surface area contributed by atoms with Crippen molar-refractivity contribution in [2.24, 2.45) is 0 Å². The smallest absolute Gasteiger partial charge is 0.0424 e. The van der Waals surface area contributed by atoms with Crippen molar-refractivity contribution in [1.29, 1.82) is 0 Å². The molecule has 1 heteroatoms. The fraction of sp³-hybridized carbons (Fsp3) is 0.0909. The molecule has 1 nitrogen and oxygen atoms in total. The van der Waals surface area contributed by atoms with Gasteiger partial charge in [0.25, 0.3) is 0 Å². The molecular formula is C22H19N. The van der Waals surface area contributed by atoms with Crippen LogP contribution in [0.25, 0.3) is 32.7 Å². The van der Waals surface area contributed by atoms with Crippen molar-refractivity contribution in [2.75, 3.05) is 12.4 Å². The first kappa shape index (κ1) is 13.8. The van der Waals surface area contributed by atoms with Crippen LogP contribution < -0.4 is 5.32 Å². The predicted molar refractivity (Wildman–Crippen MR) is 101 cm³/mol. The van der Waals surface area contributed by atoms with E-state index in [1.54, 1.807) is 0 Å². The van der Waals surface area contributed by atoms with E-state index >= 15 is 0 Å². The summed E-state index contributed by atoms with van der Waals surface area (Å²) < 4.78 is 0. The Morgan fingerprint density at radius 3 is 1.83 bits per heavy atom. The van der Waals surface area contributed by atoms with Crippen LogP contribution in [0.3, 0.4) is 0 Å². The fourth-order valence-corrected chi connectivity index (χ4v) is 3.46. The van der Waals surface area contributed by atoms with E-state index in [-0.39, 0.29) is 0 Å². The minimum absolute atomic E-state index is 1.17. The van der Waals surface area contributed by atoms with E-state index in [4.69, 9.17) is 0 Å². The molecule has 0 aliphatic carbocycles. The molecule has 0 aromatic heterocycles. The van der Waals surface area contributed by atoms with Crippen molar-refractivity contribution < 1.29 is 0 Å². The zero-order valence-electron chi connectivity index (χ0n) is 13.4. The summed E-state index contributed by atoms with van der Waals surface area (Å²) in [6.07, 6.45) is 0. The minimum atomic E-state index is 1.17. The van der Waals surface area contributed by atoms with Crippen molar-refractivity contribution in [2.45, 2.75) is 6.92 Å². The van der Waals surface area contributed by atoms with Crippen LogP contribution in [0.2, 0.25) is 0 Å². The number of rotatable bonds is 2. The summed E-state index contributed by atoms with van der Waals surface area (Å²) in [6, 6.07) is 26.0. The minimum Gasteiger partial charge on any atom is -0.388 e. The number of hydrogen-bond acceptors (Lipinski definition) is 1. The zero-order valence-corrected chi connectivity index (χ0v) is 13.4. The number of fused-ring (bicyclic) bond motifs is 2. The first-order chi connectivity index (χ1) is 11.3. The third kappa shape index (κ3) is 2.17. The van der Waals surface area contributed by atoms with Crippen LogP contribution in [0, 0.1) is 6.92 Å². The van der Waals surface area contributed by atoms with E-state index in [1.807, 2.05) is 7.05 Å². The first-order valence-electron chi connectivity index (χ1n) is 7.98. The molecule has 0 spiro atoms. The van der Waals surface area contributed by atoms with E-state index in [0.29, 0.717) is 0 Å². The molecule has 0 saturated carbocycles. The van der Waals surface area contributed by atoms with Crippen LogP contribution in [-0.2, 0) is 0 Å². The summed E-state index contributed by atoms with van der Waals surface area (Å²) in [5, 5.41) is 8.53.